The van der Waals surface area contributed by atoms with Gasteiger partial charge in [0.15, 0.2) is 5.96 Å². The highest BCUT2D eigenvalue weighted by Gasteiger charge is 2.11. The van der Waals surface area contributed by atoms with Gasteiger partial charge in [0, 0.05) is 31.5 Å². The van der Waals surface area contributed by atoms with E-state index in [0.29, 0.717) is 19.8 Å². The lowest BCUT2D eigenvalue weighted by molar-refractivity contribution is 0.182. The van der Waals surface area contributed by atoms with E-state index in [1.165, 1.54) is 10.8 Å². The number of hydrogen-bond acceptors (Lipinski definition) is 4. The van der Waals surface area contributed by atoms with Crippen LogP contribution in [0.25, 0.3) is 10.8 Å². The van der Waals surface area contributed by atoms with E-state index >= 15 is 0 Å². The molecule has 0 unspecified atom stereocenters. The summed E-state index contributed by atoms with van der Waals surface area (Å²) in [4.78, 5) is 4.76. The fourth-order valence-corrected chi connectivity index (χ4v) is 3.58. The molecule has 0 saturated heterocycles. The van der Waals surface area contributed by atoms with E-state index in [0.717, 1.165) is 54.7 Å². The summed E-state index contributed by atoms with van der Waals surface area (Å²) in [6.45, 7) is 10.4. The zero-order chi connectivity index (χ0) is 22.8. The summed E-state index contributed by atoms with van der Waals surface area (Å²) in [6.07, 6.45) is 0.879. The number of guanidine groups is 1. The summed E-state index contributed by atoms with van der Waals surface area (Å²) in [7, 11) is 1.71. The van der Waals surface area contributed by atoms with Gasteiger partial charge in [-0.1, -0.05) is 30.3 Å². The molecule has 0 atom stereocenters. The highest BCUT2D eigenvalue weighted by atomic mass is 127. The number of hydrogen-bond donors (Lipinski definition) is 2. The van der Waals surface area contributed by atoms with Crippen molar-refractivity contribution in [2.45, 2.75) is 40.3 Å². The topological polar surface area (TPSA) is 72.7 Å². The second kappa shape index (κ2) is 14.0. The van der Waals surface area contributed by atoms with E-state index in [1.807, 2.05) is 29.8 Å². The molecular weight excluding hydrogens is 529 g/mol. The zero-order valence-electron chi connectivity index (χ0n) is 20.1. The Kier molecular flexibility index (Phi) is 11.5. The standard InChI is InChI=1S/C25H35N5O2.HI/c1-5-26-25(28-18-24-19(2)29-30(20(24)3)14-16-31-4)27-13-8-15-32-23-12-11-21-9-6-7-10-22(21)17-23;/h6-7,9-12,17H,5,8,13-16,18H2,1-4H3,(H2,26,27,28);1H. The molecule has 0 saturated carbocycles. The number of aryl methyl sites for hydroxylation is 1. The second-order valence-corrected chi connectivity index (χ2v) is 7.70. The van der Waals surface area contributed by atoms with Gasteiger partial charge in [0.1, 0.15) is 5.75 Å². The molecule has 1 heterocycles. The van der Waals surface area contributed by atoms with Crippen LogP contribution < -0.4 is 15.4 Å². The van der Waals surface area contributed by atoms with Gasteiger partial charge >= 0.3 is 0 Å². The molecule has 0 aliphatic heterocycles. The average Bonchev–Trinajstić information content (AvgIpc) is 3.07. The predicted molar refractivity (Wildman–Crippen MR) is 146 cm³/mol. The van der Waals surface area contributed by atoms with Gasteiger partial charge in [-0.2, -0.15) is 5.10 Å². The Labute approximate surface area is 214 Å². The van der Waals surface area contributed by atoms with Crippen LogP contribution in [0.3, 0.4) is 0 Å². The maximum Gasteiger partial charge on any atom is 0.191 e. The highest BCUT2D eigenvalue weighted by Crippen LogP contribution is 2.20. The fourth-order valence-electron chi connectivity index (χ4n) is 3.58. The minimum atomic E-state index is 0. The summed E-state index contributed by atoms with van der Waals surface area (Å²) in [5.41, 5.74) is 3.32. The maximum atomic E-state index is 5.93. The molecule has 33 heavy (non-hydrogen) atoms. The summed E-state index contributed by atoms with van der Waals surface area (Å²) in [5.74, 6) is 1.71. The third-order valence-corrected chi connectivity index (χ3v) is 5.38. The van der Waals surface area contributed by atoms with E-state index < -0.39 is 0 Å². The Bertz CT molecular complexity index is 1030. The maximum absolute atomic E-state index is 5.93. The van der Waals surface area contributed by atoms with Crippen LogP contribution in [0.4, 0.5) is 0 Å². The number of rotatable bonds is 11. The molecular formula is C25H36IN5O2. The summed E-state index contributed by atoms with van der Waals surface area (Å²) >= 11 is 0. The first-order chi connectivity index (χ1) is 15.6. The summed E-state index contributed by atoms with van der Waals surface area (Å²) in [5, 5.41) is 13.7. The number of aromatic nitrogens is 2. The van der Waals surface area contributed by atoms with Crippen molar-refractivity contribution in [3.05, 3.63) is 59.4 Å². The number of ether oxygens (including phenoxy) is 2. The molecule has 0 spiro atoms. The van der Waals surface area contributed by atoms with Gasteiger partial charge in [0.25, 0.3) is 0 Å². The van der Waals surface area contributed by atoms with E-state index in [1.54, 1.807) is 7.11 Å². The first-order valence-electron chi connectivity index (χ1n) is 11.3. The van der Waals surface area contributed by atoms with E-state index in [-0.39, 0.29) is 24.0 Å². The van der Waals surface area contributed by atoms with Crippen LogP contribution in [0.15, 0.2) is 47.5 Å². The lowest BCUT2D eigenvalue weighted by Crippen LogP contribution is -2.38. The van der Waals surface area contributed by atoms with Crippen LogP contribution in [-0.4, -0.2) is 49.2 Å². The Morgan fingerprint density at radius 1 is 1.06 bits per heavy atom. The first kappa shape index (κ1) is 26.9. The van der Waals surface area contributed by atoms with Crippen LogP contribution in [0.2, 0.25) is 0 Å². The lowest BCUT2D eigenvalue weighted by atomic mass is 10.1. The van der Waals surface area contributed by atoms with Gasteiger partial charge in [-0.3, -0.25) is 4.68 Å². The molecule has 0 aliphatic carbocycles. The van der Waals surface area contributed by atoms with Crippen LogP contribution >= 0.6 is 24.0 Å². The molecule has 2 N–H and O–H groups in total. The normalized spacial score (nSPS) is 11.3. The van der Waals surface area contributed by atoms with Crippen molar-refractivity contribution in [3.63, 3.8) is 0 Å². The number of halogens is 1. The highest BCUT2D eigenvalue weighted by molar-refractivity contribution is 14.0. The van der Waals surface area contributed by atoms with Gasteiger partial charge in [-0.25, -0.2) is 4.99 Å². The van der Waals surface area contributed by atoms with Crippen molar-refractivity contribution in [1.82, 2.24) is 20.4 Å². The number of nitrogens with one attached hydrogen (secondary N) is 2. The molecule has 0 radical (unpaired) electrons. The number of aliphatic imine (C=N–C) groups is 1. The second-order valence-electron chi connectivity index (χ2n) is 7.70. The minimum Gasteiger partial charge on any atom is -0.494 e. The number of benzene rings is 2. The molecule has 180 valence electrons. The van der Waals surface area contributed by atoms with Crippen molar-refractivity contribution in [2.24, 2.45) is 4.99 Å². The SMILES string of the molecule is CCNC(=NCc1c(C)nn(CCOC)c1C)NCCCOc1ccc2ccccc2c1.I. The van der Waals surface area contributed by atoms with Crippen molar-refractivity contribution in [3.8, 4) is 5.75 Å². The molecule has 0 amide bonds. The van der Waals surface area contributed by atoms with E-state index in [4.69, 9.17) is 14.5 Å². The molecule has 0 fully saturated rings. The van der Waals surface area contributed by atoms with Crippen molar-refractivity contribution < 1.29 is 9.47 Å². The number of methoxy groups -OCH3 is 1. The largest absolute Gasteiger partial charge is 0.494 e. The zero-order valence-corrected chi connectivity index (χ0v) is 22.4. The Balaban J connectivity index is 0.00000385. The summed E-state index contributed by atoms with van der Waals surface area (Å²) in [6, 6.07) is 14.5. The van der Waals surface area contributed by atoms with Crippen LogP contribution in [0.1, 0.15) is 30.3 Å². The molecule has 0 bridgehead atoms. The quantitative estimate of drug-likeness (QED) is 0.156. The molecule has 2 aromatic carbocycles. The number of fused-ring (bicyclic) bond motifs is 1. The van der Waals surface area contributed by atoms with E-state index in [9.17, 15) is 0 Å². The van der Waals surface area contributed by atoms with Crippen LogP contribution in [0.5, 0.6) is 5.75 Å². The van der Waals surface area contributed by atoms with Crippen LogP contribution in [-0.2, 0) is 17.8 Å². The van der Waals surface area contributed by atoms with Gasteiger partial charge < -0.3 is 20.1 Å². The average molecular weight is 566 g/mol. The molecule has 7 nitrogen and oxygen atoms in total. The van der Waals surface area contributed by atoms with Gasteiger partial charge in [0.05, 0.1) is 32.0 Å². The van der Waals surface area contributed by atoms with Crippen molar-refractivity contribution in [1.29, 1.82) is 0 Å². The smallest absolute Gasteiger partial charge is 0.191 e. The Morgan fingerprint density at radius 2 is 1.85 bits per heavy atom. The summed E-state index contributed by atoms with van der Waals surface area (Å²) < 4.78 is 13.1. The van der Waals surface area contributed by atoms with Gasteiger partial charge in [0.2, 0.25) is 0 Å². The molecule has 8 heteroatoms. The van der Waals surface area contributed by atoms with Crippen molar-refractivity contribution >= 4 is 40.7 Å². The third-order valence-electron chi connectivity index (χ3n) is 5.38. The predicted octanol–water partition coefficient (Wildman–Crippen LogP) is 4.44. The number of nitrogens with zero attached hydrogens (tertiary/aromatic N) is 3. The Hall–Kier alpha value is -2.33. The van der Waals surface area contributed by atoms with Gasteiger partial charge in [-0.15, -0.1) is 24.0 Å². The Morgan fingerprint density at radius 3 is 2.61 bits per heavy atom. The van der Waals surface area contributed by atoms with Gasteiger partial charge in [-0.05, 0) is 50.1 Å². The first-order valence-corrected chi connectivity index (χ1v) is 11.3. The molecule has 0 aliphatic rings. The molecule has 1 aromatic heterocycles. The van der Waals surface area contributed by atoms with Crippen molar-refractivity contribution in [2.75, 3.05) is 33.4 Å². The lowest BCUT2D eigenvalue weighted by Gasteiger charge is -2.12. The molecule has 3 aromatic rings. The monoisotopic (exact) mass is 565 g/mol. The molecule has 3 rings (SSSR count). The third kappa shape index (κ3) is 7.89. The minimum absolute atomic E-state index is 0. The van der Waals surface area contributed by atoms with E-state index in [2.05, 4.69) is 53.8 Å². The van der Waals surface area contributed by atoms with Crippen LogP contribution in [0, 0.1) is 13.8 Å². The fraction of sp³-hybridized carbons (Fsp3) is 0.440.